The van der Waals surface area contributed by atoms with Crippen LogP contribution in [0.2, 0.25) is 0 Å². The Hall–Kier alpha value is -2.26. The molecule has 0 radical (unpaired) electrons. The SMILES string of the molecule is Cc1nscc1C(=O)NC[C@@H]1CCn2ncc(C(=O)N3CCOCC3)c2C1. The number of aryl methyl sites for hydroxylation is 2. The summed E-state index contributed by atoms with van der Waals surface area (Å²) in [6, 6.07) is 0. The van der Waals surface area contributed by atoms with E-state index in [4.69, 9.17) is 4.74 Å². The Balaban J connectivity index is 1.40. The Labute approximate surface area is 161 Å². The molecule has 0 saturated carbocycles. The highest BCUT2D eigenvalue weighted by molar-refractivity contribution is 7.03. The summed E-state index contributed by atoms with van der Waals surface area (Å²) in [6.07, 6.45) is 3.36. The van der Waals surface area contributed by atoms with E-state index in [9.17, 15) is 9.59 Å². The molecular formula is C18H23N5O3S. The van der Waals surface area contributed by atoms with Crippen LogP contribution >= 0.6 is 11.5 Å². The normalized spacial score (nSPS) is 19.6. The van der Waals surface area contributed by atoms with Gasteiger partial charge in [0.2, 0.25) is 0 Å². The number of hydrogen-bond donors (Lipinski definition) is 1. The molecule has 0 bridgehead atoms. The number of amides is 2. The minimum absolute atomic E-state index is 0.0317. The van der Waals surface area contributed by atoms with Crippen molar-refractivity contribution < 1.29 is 14.3 Å². The molecule has 4 rings (SSSR count). The smallest absolute Gasteiger partial charge is 0.257 e. The fraction of sp³-hybridized carbons (Fsp3) is 0.556. The van der Waals surface area contributed by atoms with Crippen LogP contribution in [0.1, 0.15) is 38.5 Å². The Morgan fingerprint density at radius 3 is 2.85 bits per heavy atom. The molecule has 1 saturated heterocycles. The van der Waals surface area contributed by atoms with Gasteiger partial charge in [0, 0.05) is 31.6 Å². The van der Waals surface area contributed by atoms with E-state index in [1.165, 1.54) is 11.5 Å². The second-order valence-electron chi connectivity index (χ2n) is 7.02. The molecular weight excluding hydrogens is 366 g/mol. The van der Waals surface area contributed by atoms with Crippen molar-refractivity contribution in [3.63, 3.8) is 0 Å². The standard InChI is InChI=1S/C18H23N5O3S/c1-12-15(11-27-21-12)17(24)19-9-13-2-3-23-16(8-13)14(10-20-23)18(25)22-4-6-26-7-5-22/h10-11,13H,2-9H2,1H3,(H,19,24)/t13-/m1/s1. The largest absolute Gasteiger partial charge is 0.378 e. The maximum absolute atomic E-state index is 12.8. The number of fused-ring (bicyclic) bond motifs is 1. The lowest BCUT2D eigenvalue weighted by Gasteiger charge is -2.28. The van der Waals surface area contributed by atoms with Crippen LogP contribution in [0.4, 0.5) is 0 Å². The molecule has 0 aliphatic carbocycles. The molecule has 0 unspecified atom stereocenters. The molecule has 2 amide bonds. The third-order valence-electron chi connectivity index (χ3n) is 5.25. The van der Waals surface area contributed by atoms with Gasteiger partial charge in [-0.25, -0.2) is 0 Å². The van der Waals surface area contributed by atoms with Gasteiger partial charge in [-0.15, -0.1) is 0 Å². The van der Waals surface area contributed by atoms with Gasteiger partial charge < -0.3 is 15.0 Å². The van der Waals surface area contributed by atoms with Crippen molar-refractivity contribution in [3.8, 4) is 0 Å². The highest BCUT2D eigenvalue weighted by Gasteiger charge is 2.28. The van der Waals surface area contributed by atoms with Crippen LogP contribution in [0.3, 0.4) is 0 Å². The van der Waals surface area contributed by atoms with Crippen molar-refractivity contribution in [2.24, 2.45) is 5.92 Å². The molecule has 0 spiro atoms. The van der Waals surface area contributed by atoms with E-state index in [0.717, 1.165) is 30.8 Å². The first-order chi connectivity index (χ1) is 13.1. The topological polar surface area (TPSA) is 89.3 Å². The van der Waals surface area contributed by atoms with Gasteiger partial charge in [-0.2, -0.15) is 9.47 Å². The minimum Gasteiger partial charge on any atom is -0.378 e. The monoisotopic (exact) mass is 389 g/mol. The number of carbonyl (C=O) groups is 2. The second-order valence-corrected chi connectivity index (χ2v) is 7.64. The first-order valence-corrected chi connectivity index (χ1v) is 10.1. The second kappa shape index (κ2) is 7.77. The van der Waals surface area contributed by atoms with Crippen LogP contribution < -0.4 is 5.32 Å². The lowest BCUT2D eigenvalue weighted by atomic mass is 9.94. The van der Waals surface area contributed by atoms with Gasteiger partial charge in [0.15, 0.2) is 0 Å². The fourth-order valence-corrected chi connectivity index (χ4v) is 4.32. The van der Waals surface area contributed by atoms with E-state index < -0.39 is 0 Å². The van der Waals surface area contributed by atoms with Gasteiger partial charge in [-0.05, 0) is 37.2 Å². The van der Waals surface area contributed by atoms with Crippen molar-refractivity contribution in [3.05, 3.63) is 34.1 Å². The molecule has 2 aromatic heterocycles. The molecule has 1 N–H and O–H groups in total. The van der Waals surface area contributed by atoms with Crippen LogP contribution in [0, 0.1) is 12.8 Å². The zero-order valence-electron chi connectivity index (χ0n) is 15.3. The number of aromatic nitrogens is 3. The molecule has 1 fully saturated rings. The molecule has 2 aromatic rings. The van der Waals surface area contributed by atoms with Gasteiger partial charge >= 0.3 is 0 Å². The van der Waals surface area contributed by atoms with Crippen LogP contribution in [0.15, 0.2) is 11.6 Å². The summed E-state index contributed by atoms with van der Waals surface area (Å²) >= 11 is 1.29. The predicted octanol–water partition coefficient (Wildman–Crippen LogP) is 1.11. The zero-order chi connectivity index (χ0) is 18.8. The van der Waals surface area contributed by atoms with E-state index in [0.29, 0.717) is 49.9 Å². The van der Waals surface area contributed by atoms with Crippen LogP contribution in [0.25, 0.3) is 0 Å². The lowest BCUT2D eigenvalue weighted by molar-refractivity contribution is 0.0301. The summed E-state index contributed by atoms with van der Waals surface area (Å²) in [7, 11) is 0. The molecule has 2 aliphatic heterocycles. The summed E-state index contributed by atoms with van der Waals surface area (Å²) in [5.41, 5.74) is 3.07. The molecule has 8 nitrogen and oxygen atoms in total. The maximum Gasteiger partial charge on any atom is 0.257 e. The Morgan fingerprint density at radius 2 is 2.11 bits per heavy atom. The maximum atomic E-state index is 12.8. The van der Waals surface area contributed by atoms with Gasteiger partial charge in [0.05, 0.1) is 41.9 Å². The molecule has 2 aliphatic rings. The summed E-state index contributed by atoms with van der Waals surface area (Å²) in [5, 5.41) is 9.19. The third kappa shape index (κ3) is 3.74. The van der Waals surface area contributed by atoms with Crippen molar-refractivity contribution in [1.82, 2.24) is 24.4 Å². The van der Waals surface area contributed by atoms with E-state index in [-0.39, 0.29) is 11.8 Å². The summed E-state index contributed by atoms with van der Waals surface area (Å²) in [6.45, 7) is 5.61. The molecule has 144 valence electrons. The van der Waals surface area contributed by atoms with E-state index in [1.54, 1.807) is 11.6 Å². The van der Waals surface area contributed by atoms with Gasteiger partial charge in [-0.1, -0.05) is 0 Å². The molecule has 4 heterocycles. The number of rotatable bonds is 4. The first kappa shape index (κ1) is 18.1. The van der Waals surface area contributed by atoms with Crippen LogP contribution in [0.5, 0.6) is 0 Å². The fourth-order valence-electron chi connectivity index (χ4n) is 3.63. The predicted molar refractivity (Wildman–Crippen MR) is 99.9 cm³/mol. The Kier molecular flexibility index (Phi) is 5.22. The highest BCUT2D eigenvalue weighted by Crippen LogP contribution is 2.24. The Morgan fingerprint density at radius 1 is 1.30 bits per heavy atom. The van der Waals surface area contributed by atoms with E-state index >= 15 is 0 Å². The summed E-state index contributed by atoms with van der Waals surface area (Å²) in [4.78, 5) is 27.0. The average Bonchev–Trinajstić information content (AvgIpc) is 3.32. The van der Waals surface area contributed by atoms with Crippen LogP contribution in [-0.4, -0.2) is 63.7 Å². The van der Waals surface area contributed by atoms with Crippen LogP contribution in [-0.2, 0) is 17.7 Å². The first-order valence-electron chi connectivity index (χ1n) is 9.24. The van der Waals surface area contributed by atoms with Crippen molar-refractivity contribution in [1.29, 1.82) is 0 Å². The number of hydrogen-bond acceptors (Lipinski definition) is 6. The zero-order valence-corrected chi connectivity index (χ0v) is 16.1. The third-order valence-corrected chi connectivity index (χ3v) is 5.97. The summed E-state index contributed by atoms with van der Waals surface area (Å²) in [5.74, 6) is 0.246. The molecule has 27 heavy (non-hydrogen) atoms. The number of ether oxygens (including phenoxy) is 1. The summed E-state index contributed by atoms with van der Waals surface area (Å²) < 4.78 is 11.4. The average molecular weight is 389 g/mol. The van der Waals surface area contributed by atoms with Gasteiger partial charge in [-0.3, -0.25) is 14.3 Å². The van der Waals surface area contributed by atoms with Crippen molar-refractivity contribution in [2.75, 3.05) is 32.8 Å². The number of carbonyl (C=O) groups excluding carboxylic acids is 2. The lowest BCUT2D eigenvalue weighted by Crippen LogP contribution is -2.41. The van der Waals surface area contributed by atoms with E-state index in [1.807, 2.05) is 16.5 Å². The quantitative estimate of drug-likeness (QED) is 0.846. The van der Waals surface area contributed by atoms with E-state index in [2.05, 4.69) is 14.8 Å². The molecule has 9 heteroatoms. The molecule has 0 aromatic carbocycles. The Bertz CT molecular complexity index is 840. The number of nitrogens with zero attached hydrogens (tertiary/aromatic N) is 4. The minimum atomic E-state index is -0.0788. The number of nitrogens with one attached hydrogen (secondary N) is 1. The van der Waals surface area contributed by atoms with Crippen molar-refractivity contribution >= 4 is 23.3 Å². The molecule has 1 atom stereocenters. The highest BCUT2D eigenvalue weighted by atomic mass is 32.1. The van der Waals surface area contributed by atoms with Gasteiger partial charge in [0.25, 0.3) is 11.8 Å². The van der Waals surface area contributed by atoms with Crippen molar-refractivity contribution in [2.45, 2.75) is 26.3 Å². The van der Waals surface area contributed by atoms with Gasteiger partial charge in [0.1, 0.15) is 0 Å². The number of morpholine rings is 1.